The first-order valence-corrected chi connectivity index (χ1v) is 8.74. The summed E-state index contributed by atoms with van der Waals surface area (Å²) in [5.41, 5.74) is 2.88. The lowest BCUT2D eigenvalue weighted by Gasteiger charge is -2.08. The van der Waals surface area contributed by atoms with Gasteiger partial charge in [-0.3, -0.25) is 9.20 Å². The van der Waals surface area contributed by atoms with Gasteiger partial charge in [-0.2, -0.15) is 0 Å². The molecule has 2 aromatic heterocycles. The molecule has 2 heterocycles. The molecule has 0 saturated heterocycles. The Hall–Kier alpha value is -2.64. The van der Waals surface area contributed by atoms with Crippen LogP contribution in [0.2, 0.25) is 5.02 Å². The molecule has 0 radical (unpaired) electrons. The van der Waals surface area contributed by atoms with Crippen molar-refractivity contribution in [2.45, 2.75) is 5.03 Å². The number of halogens is 1. The summed E-state index contributed by atoms with van der Waals surface area (Å²) in [7, 11) is 0. The molecule has 25 heavy (non-hydrogen) atoms. The first-order valence-electron chi connectivity index (χ1n) is 7.38. The van der Waals surface area contributed by atoms with Crippen LogP contribution >= 0.6 is 23.4 Å². The van der Waals surface area contributed by atoms with E-state index in [2.05, 4.69) is 15.2 Å². The summed E-state index contributed by atoms with van der Waals surface area (Å²) in [5.74, 6) is -0.360. The summed E-state index contributed by atoms with van der Waals surface area (Å²) in [4.78, 5) is 15.5. The van der Waals surface area contributed by atoms with Gasteiger partial charge in [0.15, 0.2) is 11.5 Å². The van der Waals surface area contributed by atoms with Crippen LogP contribution < -0.4 is 0 Å². The summed E-state index contributed by atoms with van der Waals surface area (Å²) in [6.07, 6.45) is 0. The van der Waals surface area contributed by atoms with Crippen LogP contribution in [0.4, 0.5) is 0 Å². The number of thioether (sulfide) groups is 1. The maximum absolute atomic E-state index is 10.9. The van der Waals surface area contributed by atoms with Crippen molar-refractivity contribution in [3.05, 3.63) is 53.6 Å². The monoisotopic (exact) mass is 370 g/mol. The predicted molar refractivity (Wildman–Crippen MR) is 97.1 cm³/mol. The first kappa shape index (κ1) is 15.9. The fourth-order valence-corrected chi connectivity index (χ4v) is 3.43. The zero-order valence-corrected chi connectivity index (χ0v) is 14.3. The van der Waals surface area contributed by atoms with Crippen molar-refractivity contribution < 1.29 is 9.90 Å². The van der Waals surface area contributed by atoms with E-state index >= 15 is 0 Å². The molecule has 0 aliphatic heterocycles. The van der Waals surface area contributed by atoms with E-state index in [1.54, 1.807) is 18.2 Å². The average molecular weight is 371 g/mol. The molecule has 0 spiro atoms. The lowest BCUT2D eigenvalue weighted by atomic mass is 10.2. The quantitative estimate of drug-likeness (QED) is 0.551. The fourth-order valence-electron chi connectivity index (χ4n) is 2.58. The second-order valence-electron chi connectivity index (χ2n) is 5.28. The zero-order chi connectivity index (χ0) is 17.4. The molecule has 124 valence electrons. The van der Waals surface area contributed by atoms with Crippen molar-refractivity contribution >= 4 is 46.0 Å². The van der Waals surface area contributed by atoms with Gasteiger partial charge < -0.3 is 5.11 Å². The van der Waals surface area contributed by atoms with Crippen molar-refractivity contribution in [2.75, 3.05) is 5.75 Å². The van der Waals surface area contributed by atoms with E-state index < -0.39 is 5.97 Å². The highest BCUT2D eigenvalue weighted by Gasteiger charge is 2.17. The second-order valence-corrected chi connectivity index (χ2v) is 6.68. The maximum atomic E-state index is 10.9. The number of carbonyl (C=O) groups is 1. The molecule has 0 unspecified atom stereocenters. The number of fused-ring (bicyclic) bond motifs is 3. The molecule has 2 aromatic carbocycles. The predicted octanol–water partition coefficient (Wildman–Crippen LogP) is 3.77. The number of benzene rings is 2. The number of hydrogen-bond acceptors (Lipinski definition) is 5. The highest BCUT2D eigenvalue weighted by atomic mass is 35.5. The third-order valence-electron chi connectivity index (χ3n) is 3.62. The first-order chi connectivity index (χ1) is 12.1. The third kappa shape index (κ3) is 2.92. The van der Waals surface area contributed by atoms with Crippen molar-refractivity contribution in [1.29, 1.82) is 0 Å². The van der Waals surface area contributed by atoms with Crippen LogP contribution in [0.25, 0.3) is 28.1 Å². The Labute approximate surface area is 151 Å². The SMILES string of the molecule is O=C(O)CSc1nc2ccc(Cl)cc2n2c(-c3ccccc3)nnc12. The molecule has 0 aliphatic rings. The Morgan fingerprint density at radius 1 is 1.16 bits per heavy atom. The largest absolute Gasteiger partial charge is 0.481 e. The van der Waals surface area contributed by atoms with Gasteiger partial charge in [0.25, 0.3) is 0 Å². The van der Waals surface area contributed by atoms with Crippen molar-refractivity contribution in [3.63, 3.8) is 0 Å². The molecule has 0 atom stereocenters. The van der Waals surface area contributed by atoms with E-state index in [1.807, 2.05) is 34.7 Å². The van der Waals surface area contributed by atoms with Gasteiger partial charge in [-0.05, 0) is 18.2 Å². The summed E-state index contributed by atoms with van der Waals surface area (Å²) in [6, 6.07) is 15.0. The third-order valence-corrected chi connectivity index (χ3v) is 4.79. The molecule has 6 nitrogen and oxygen atoms in total. The van der Waals surface area contributed by atoms with Crippen LogP contribution in [0.5, 0.6) is 0 Å². The van der Waals surface area contributed by atoms with Gasteiger partial charge >= 0.3 is 5.97 Å². The molecule has 0 amide bonds. The van der Waals surface area contributed by atoms with E-state index in [-0.39, 0.29) is 5.75 Å². The minimum atomic E-state index is -0.913. The van der Waals surface area contributed by atoms with Crippen molar-refractivity contribution in [2.24, 2.45) is 0 Å². The Kier molecular flexibility index (Phi) is 4.03. The van der Waals surface area contributed by atoms with Crippen LogP contribution in [0.15, 0.2) is 53.6 Å². The lowest BCUT2D eigenvalue weighted by Crippen LogP contribution is -2.01. The average Bonchev–Trinajstić information content (AvgIpc) is 3.06. The Morgan fingerprint density at radius 2 is 1.96 bits per heavy atom. The van der Waals surface area contributed by atoms with Crippen molar-refractivity contribution in [3.8, 4) is 11.4 Å². The van der Waals surface area contributed by atoms with Gasteiger partial charge in [0.2, 0.25) is 0 Å². The molecule has 1 N–H and O–H groups in total. The van der Waals surface area contributed by atoms with E-state index in [9.17, 15) is 4.79 Å². The highest BCUT2D eigenvalue weighted by Crippen LogP contribution is 2.30. The lowest BCUT2D eigenvalue weighted by molar-refractivity contribution is -0.133. The number of carboxylic acids is 1. The molecule has 0 bridgehead atoms. The molecule has 4 rings (SSSR count). The number of hydrogen-bond donors (Lipinski definition) is 1. The van der Waals surface area contributed by atoms with Gasteiger partial charge in [0, 0.05) is 10.6 Å². The molecule has 4 aromatic rings. The van der Waals surface area contributed by atoms with E-state index in [4.69, 9.17) is 16.7 Å². The fraction of sp³-hybridized carbons (Fsp3) is 0.0588. The van der Waals surface area contributed by atoms with Crippen LogP contribution in [0, 0.1) is 0 Å². The normalized spacial score (nSPS) is 11.2. The van der Waals surface area contributed by atoms with E-state index in [1.165, 1.54) is 0 Å². The molecular weight excluding hydrogens is 360 g/mol. The summed E-state index contributed by atoms with van der Waals surface area (Å²) in [5, 5.41) is 18.6. The van der Waals surface area contributed by atoms with Gasteiger partial charge in [-0.15, -0.1) is 10.2 Å². The highest BCUT2D eigenvalue weighted by molar-refractivity contribution is 8.00. The van der Waals surface area contributed by atoms with Gasteiger partial charge in [-0.1, -0.05) is 53.7 Å². The van der Waals surface area contributed by atoms with Gasteiger partial charge in [0.05, 0.1) is 16.8 Å². The van der Waals surface area contributed by atoms with Crippen molar-refractivity contribution in [1.82, 2.24) is 19.6 Å². The zero-order valence-electron chi connectivity index (χ0n) is 12.8. The minimum Gasteiger partial charge on any atom is -0.481 e. The Morgan fingerprint density at radius 3 is 2.72 bits per heavy atom. The van der Waals surface area contributed by atoms with Crippen LogP contribution in [-0.2, 0) is 4.79 Å². The molecular formula is C17H11ClN4O2S. The van der Waals surface area contributed by atoms with Crippen LogP contribution in [0.1, 0.15) is 0 Å². The topological polar surface area (TPSA) is 80.4 Å². The molecule has 8 heteroatoms. The van der Waals surface area contributed by atoms with E-state index in [0.717, 1.165) is 22.8 Å². The Bertz CT molecular complexity index is 1100. The maximum Gasteiger partial charge on any atom is 0.313 e. The molecule has 0 fully saturated rings. The summed E-state index contributed by atoms with van der Waals surface area (Å²) in [6.45, 7) is 0. The number of aromatic nitrogens is 4. The Balaban J connectivity index is 2.04. The molecule has 0 aliphatic carbocycles. The van der Waals surface area contributed by atoms with E-state index in [0.29, 0.717) is 27.0 Å². The van der Waals surface area contributed by atoms with Gasteiger partial charge in [-0.25, -0.2) is 4.98 Å². The summed E-state index contributed by atoms with van der Waals surface area (Å²) >= 11 is 7.28. The standard InChI is InChI=1S/C17H11ClN4O2S/c18-11-6-7-12-13(8-11)22-15(10-4-2-1-3-5-10)20-21-16(22)17(19-12)25-9-14(23)24/h1-8H,9H2,(H,23,24). The van der Waals surface area contributed by atoms with Crippen LogP contribution in [-0.4, -0.2) is 36.4 Å². The van der Waals surface area contributed by atoms with Gasteiger partial charge in [0.1, 0.15) is 5.03 Å². The number of carboxylic acid groups (broad SMARTS) is 1. The number of aliphatic carboxylic acids is 1. The smallest absolute Gasteiger partial charge is 0.313 e. The number of rotatable bonds is 4. The number of nitrogens with zero attached hydrogens (tertiary/aromatic N) is 4. The molecule has 0 saturated carbocycles. The summed E-state index contributed by atoms with van der Waals surface area (Å²) < 4.78 is 1.87. The minimum absolute atomic E-state index is 0.102. The second kappa shape index (κ2) is 6.34. The van der Waals surface area contributed by atoms with Crippen LogP contribution in [0.3, 0.4) is 0 Å².